The van der Waals surface area contributed by atoms with Crippen LogP contribution in [-0.2, 0) is 18.3 Å². The number of nitrogens with zero attached hydrogens (tertiary/aromatic N) is 1. The molecule has 0 aromatic heterocycles. The van der Waals surface area contributed by atoms with Crippen LogP contribution >= 0.6 is 0 Å². The average Bonchev–Trinajstić information content (AvgIpc) is 3.14. The van der Waals surface area contributed by atoms with Gasteiger partial charge in [0.05, 0.1) is 5.69 Å². The molecule has 0 bridgehead atoms. The summed E-state index contributed by atoms with van der Waals surface area (Å²) in [5.74, 6) is 1.48. The predicted octanol–water partition coefficient (Wildman–Crippen LogP) is 4.94. The summed E-state index contributed by atoms with van der Waals surface area (Å²) < 4.78 is 0. The molecule has 1 aromatic rings. The zero-order valence-corrected chi connectivity index (χ0v) is 16.2. The first kappa shape index (κ1) is 16.1. The summed E-state index contributed by atoms with van der Waals surface area (Å²) in [5.41, 5.74) is 13.5. The van der Waals surface area contributed by atoms with Crippen molar-refractivity contribution >= 4 is 11.9 Å². The predicted molar refractivity (Wildman–Crippen MR) is 105 cm³/mol. The Kier molecular flexibility index (Phi) is 3.06. The van der Waals surface area contributed by atoms with Crippen molar-refractivity contribution in [2.24, 2.45) is 33.4 Å². The van der Waals surface area contributed by atoms with E-state index in [1.54, 1.807) is 11.1 Å². The minimum Gasteiger partial charge on any atom is -0.327 e. The first-order valence-electron chi connectivity index (χ1n) is 10.2. The van der Waals surface area contributed by atoms with Crippen molar-refractivity contribution in [3.63, 3.8) is 0 Å². The molecule has 4 aliphatic rings. The molecule has 2 heteroatoms. The van der Waals surface area contributed by atoms with E-state index in [1.165, 1.54) is 43.4 Å². The lowest BCUT2D eigenvalue weighted by atomic mass is 9.43. The number of hydrogen-bond donors (Lipinski definition) is 1. The Morgan fingerprint density at radius 2 is 1.84 bits per heavy atom. The Morgan fingerprint density at radius 1 is 1.04 bits per heavy atom. The van der Waals surface area contributed by atoms with Crippen molar-refractivity contribution in [1.29, 1.82) is 0 Å². The smallest absolute Gasteiger partial charge is 0.0696 e. The number of aliphatic imine (C=N–C) groups is 1. The Bertz CT molecular complexity index is 777. The van der Waals surface area contributed by atoms with Gasteiger partial charge in [0.1, 0.15) is 0 Å². The van der Waals surface area contributed by atoms with Crippen LogP contribution in [0.5, 0.6) is 0 Å². The van der Waals surface area contributed by atoms with Crippen LogP contribution in [0.15, 0.2) is 17.1 Å². The number of benzene rings is 1. The molecule has 1 aromatic carbocycles. The van der Waals surface area contributed by atoms with Gasteiger partial charge in [0, 0.05) is 18.7 Å². The van der Waals surface area contributed by atoms with Gasteiger partial charge in [0.2, 0.25) is 0 Å². The Balaban J connectivity index is 1.63. The SMILES string of the molecule is CC12CCC3C(C)(C)C(N)CCC3(C)C1Cc1c2ccc2c1N=CC2. The topological polar surface area (TPSA) is 38.4 Å². The standard InChI is InChI=1S/C23H32N2/c1-21(2)17-7-10-22(3)16-6-5-14-9-12-25-20(14)15(16)13-18(22)23(17,4)11-8-19(21)24/h5-6,12,17-19H,7-11,13,24H2,1-4H3. The summed E-state index contributed by atoms with van der Waals surface area (Å²) in [6.45, 7) is 10.0. The van der Waals surface area contributed by atoms with Gasteiger partial charge in [-0.1, -0.05) is 39.8 Å². The van der Waals surface area contributed by atoms with Gasteiger partial charge < -0.3 is 5.73 Å². The van der Waals surface area contributed by atoms with Crippen molar-refractivity contribution in [3.8, 4) is 0 Å². The Morgan fingerprint density at radius 3 is 2.64 bits per heavy atom. The van der Waals surface area contributed by atoms with E-state index in [1.807, 2.05) is 0 Å². The van der Waals surface area contributed by atoms with Crippen LogP contribution in [-0.4, -0.2) is 12.3 Å². The fraction of sp³-hybridized carbons (Fsp3) is 0.696. The molecule has 0 spiro atoms. The summed E-state index contributed by atoms with van der Waals surface area (Å²) >= 11 is 0. The number of hydrogen-bond acceptors (Lipinski definition) is 2. The van der Waals surface area contributed by atoms with E-state index in [0.717, 1.165) is 18.3 Å². The average molecular weight is 337 g/mol. The van der Waals surface area contributed by atoms with Crippen LogP contribution in [0.3, 0.4) is 0 Å². The molecule has 0 saturated heterocycles. The Hall–Kier alpha value is -1.15. The van der Waals surface area contributed by atoms with E-state index < -0.39 is 0 Å². The molecule has 2 saturated carbocycles. The third-order valence-corrected chi connectivity index (χ3v) is 9.08. The first-order valence-corrected chi connectivity index (χ1v) is 10.2. The minimum atomic E-state index is 0.253. The van der Waals surface area contributed by atoms with Gasteiger partial charge in [-0.15, -0.1) is 0 Å². The molecule has 5 atom stereocenters. The largest absolute Gasteiger partial charge is 0.327 e. The lowest BCUT2D eigenvalue weighted by Gasteiger charge is -2.62. The second-order valence-electron chi connectivity index (χ2n) is 10.4. The first-order chi connectivity index (χ1) is 11.8. The van der Waals surface area contributed by atoms with Gasteiger partial charge >= 0.3 is 0 Å². The third kappa shape index (κ3) is 1.82. The van der Waals surface area contributed by atoms with Gasteiger partial charge in [-0.05, 0) is 76.9 Å². The Labute approximate surface area is 152 Å². The monoisotopic (exact) mass is 336 g/mol. The molecule has 5 unspecified atom stereocenters. The van der Waals surface area contributed by atoms with Crippen LogP contribution in [0.25, 0.3) is 0 Å². The maximum absolute atomic E-state index is 6.59. The molecule has 25 heavy (non-hydrogen) atoms. The molecule has 2 nitrogen and oxygen atoms in total. The van der Waals surface area contributed by atoms with E-state index in [2.05, 4.69) is 46.0 Å². The summed E-state index contributed by atoms with van der Waals surface area (Å²) in [6, 6.07) is 5.16. The quantitative estimate of drug-likeness (QED) is 0.716. The van der Waals surface area contributed by atoms with E-state index in [9.17, 15) is 0 Å². The van der Waals surface area contributed by atoms with Crippen molar-refractivity contribution < 1.29 is 0 Å². The van der Waals surface area contributed by atoms with Gasteiger partial charge in [-0.2, -0.15) is 0 Å². The maximum atomic E-state index is 6.59. The molecule has 1 aliphatic heterocycles. The molecular formula is C23H32N2. The number of nitrogens with two attached hydrogens (primary N) is 1. The van der Waals surface area contributed by atoms with Crippen molar-refractivity contribution in [3.05, 3.63) is 28.8 Å². The van der Waals surface area contributed by atoms with Crippen LogP contribution in [0, 0.1) is 22.7 Å². The zero-order valence-electron chi connectivity index (χ0n) is 16.2. The zero-order chi connectivity index (χ0) is 17.6. The highest BCUT2D eigenvalue weighted by Gasteiger charge is 2.62. The van der Waals surface area contributed by atoms with Crippen molar-refractivity contribution in [1.82, 2.24) is 0 Å². The molecule has 0 amide bonds. The highest BCUT2D eigenvalue weighted by molar-refractivity contribution is 5.79. The molecule has 2 N–H and O–H groups in total. The highest BCUT2D eigenvalue weighted by atomic mass is 14.8. The van der Waals surface area contributed by atoms with E-state index in [-0.39, 0.29) is 5.41 Å². The molecule has 134 valence electrons. The summed E-state index contributed by atoms with van der Waals surface area (Å²) in [5, 5.41) is 0. The summed E-state index contributed by atoms with van der Waals surface area (Å²) in [7, 11) is 0. The highest BCUT2D eigenvalue weighted by Crippen LogP contribution is 2.68. The van der Waals surface area contributed by atoms with Gasteiger partial charge in [-0.25, -0.2) is 0 Å². The van der Waals surface area contributed by atoms with Crippen LogP contribution in [0.1, 0.15) is 70.1 Å². The molecule has 2 fully saturated rings. The molecule has 3 aliphatic carbocycles. The fourth-order valence-corrected chi connectivity index (χ4v) is 7.56. The lowest BCUT2D eigenvalue weighted by Crippen LogP contribution is -2.60. The second-order valence-corrected chi connectivity index (χ2v) is 10.4. The van der Waals surface area contributed by atoms with Gasteiger partial charge in [0.25, 0.3) is 0 Å². The van der Waals surface area contributed by atoms with Gasteiger partial charge in [0.15, 0.2) is 0 Å². The summed E-state index contributed by atoms with van der Waals surface area (Å²) in [4.78, 5) is 4.78. The van der Waals surface area contributed by atoms with Crippen molar-refractivity contribution in [2.45, 2.75) is 77.7 Å². The maximum Gasteiger partial charge on any atom is 0.0696 e. The fourth-order valence-electron chi connectivity index (χ4n) is 7.56. The number of fused-ring (bicyclic) bond motifs is 7. The molecular weight excluding hydrogens is 304 g/mol. The molecule has 0 radical (unpaired) electrons. The second kappa shape index (κ2) is 4.76. The van der Waals surface area contributed by atoms with E-state index in [0.29, 0.717) is 16.9 Å². The number of rotatable bonds is 0. The molecule has 5 rings (SSSR count). The third-order valence-electron chi connectivity index (χ3n) is 9.08. The minimum absolute atomic E-state index is 0.253. The van der Waals surface area contributed by atoms with Crippen LogP contribution in [0.4, 0.5) is 5.69 Å². The lowest BCUT2D eigenvalue weighted by molar-refractivity contribution is -0.107. The normalized spacial score (nSPS) is 43.3. The van der Waals surface area contributed by atoms with Crippen LogP contribution < -0.4 is 5.73 Å². The molecule has 1 heterocycles. The van der Waals surface area contributed by atoms with E-state index in [4.69, 9.17) is 10.7 Å². The summed E-state index contributed by atoms with van der Waals surface area (Å²) in [6.07, 6.45) is 9.45. The van der Waals surface area contributed by atoms with E-state index >= 15 is 0 Å². The van der Waals surface area contributed by atoms with Crippen LogP contribution in [0.2, 0.25) is 0 Å². The van der Waals surface area contributed by atoms with Crippen molar-refractivity contribution in [2.75, 3.05) is 0 Å². The van der Waals surface area contributed by atoms with Gasteiger partial charge in [-0.3, -0.25) is 4.99 Å².